The van der Waals surface area contributed by atoms with Crippen molar-refractivity contribution in [3.63, 3.8) is 0 Å². The molecule has 0 saturated carbocycles. The fraction of sp³-hybridized carbons (Fsp3) is 0.389. The molecule has 1 N–H and O–H groups in total. The molecule has 0 aliphatic heterocycles. The van der Waals surface area contributed by atoms with Crippen molar-refractivity contribution < 1.29 is 5.11 Å². The molecule has 2 rings (SSSR count). The van der Waals surface area contributed by atoms with Gasteiger partial charge in [-0.1, -0.05) is 51.1 Å². The molecule has 2 aromatic rings. The molecule has 0 aliphatic carbocycles. The number of aryl methyl sites for hydroxylation is 1. The molecule has 1 unspecified atom stereocenters. The lowest BCUT2D eigenvalue weighted by molar-refractivity contribution is 0.177. The highest BCUT2D eigenvalue weighted by Gasteiger charge is 2.15. The molecule has 0 bridgehead atoms. The molecule has 1 heterocycles. The van der Waals surface area contributed by atoms with Crippen molar-refractivity contribution in [1.82, 2.24) is 4.98 Å². The van der Waals surface area contributed by atoms with Crippen LogP contribution >= 0.6 is 0 Å². The Morgan fingerprint density at radius 3 is 2.30 bits per heavy atom. The summed E-state index contributed by atoms with van der Waals surface area (Å²) in [5.41, 5.74) is 4.43. The molecule has 0 amide bonds. The van der Waals surface area contributed by atoms with E-state index in [1.54, 1.807) is 6.20 Å². The van der Waals surface area contributed by atoms with Gasteiger partial charge >= 0.3 is 0 Å². The van der Waals surface area contributed by atoms with E-state index in [1.807, 2.05) is 19.1 Å². The molecule has 0 radical (unpaired) electrons. The monoisotopic (exact) mass is 269 g/mol. The zero-order valence-electron chi connectivity index (χ0n) is 12.7. The van der Waals surface area contributed by atoms with Crippen LogP contribution in [0, 0.1) is 6.92 Å². The smallest absolute Gasteiger partial charge is 0.0847 e. The first-order valence-electron chi connectivity index (χ1n) is 7.07. The Kier molecular flexibility index (Phi) is 4.24. The topological polar surface area (TPSA) is 33.1 Å². The van der Waals surface area contributed by atoms with Crippen LogP contribution in [0.5, 0.6) is 0 Å². The molecule has 2 heteroatoms. The predicted octanol–water partition coefficient (Wildman–Crippen LogP) is 3.96. The third-order valence-corrected chi connectivity index (χ3v) is 3.66. The fourth-order valence-electron chi connectivity index (χ4n) is 2.32. The van der Waals surface area contributed by atoms with Gasteiger partial charge in [-0.25, -0.2) is 0 Å². The van der Waals surface area contributed by atoms with Crippen LogP contribution in [0.4, 0.5) is 0 Å². The molecular formula is C18H23NO. The van der Waals surface area contributed by atoms with Gasteiger partial charge in [-0.2, -0.15) is 0 Å². The van der Waals surface area contributed by atoms with Crippen LogP contribution in [-0.2, 0) is 11.8 Å². The van der Waals surface area contributed by atoms with Gasteiger partial charge in [0.2, 0.25) is 0 Å². The van der Waals surface area contributed by atoms with Crippen molar-refractivity contribution in [3.8, 4) is 0 Å². The molecule has 2 nitrogen and oxygen atoms in total. The number of hydrogen-bond donors (Lipinski definition) is 1. The van der Waals surface area contributed by atoms with Crippen LogP contribution in [0.25, 0.3) is 0 Å². The number of aliphatic hydroxyl groups excluding tert-OH is 1. The maximum absolute atomic E-state index is 10.3. The summed E-state index contributed by atoms with van der Waals surface area (Å²) in [5.74, 6) is 0. The van der Waals surface area contributed by atoms with Gasteiger partial charge in [-0.05, 0) is 29.5 Å². The van der Waals surface area contributed by atoms with E-state index < -0.39 is 6.10 Å². The van der Waals surface area contributed by atoms with Crippen molar-refractivity contribution in [2.75, 3.05) is 0 Å². The van der Waals surface area contributed by atoms with Gasteiger partial charge in [0.15, 0.2) is 0 Å². The lowest BCUT2D eigenvalue weighted by atomic mass is 9.86. The summed E-state index contributed by atoms with van der Waals surface area (Å²) in [4.78, 5) is 4.23. The van der Waals surface area contributed by atoms with Crippen LogP contribution in [0.2, 0.25) is 0 Å². The van der Waals surface area contributed by atoms with Crippen LogP contribution in [0.1, 0.15) is 49.3 Å². The van der Waals surface area contributed by atoms with Crippen molar-refractivity contribution in [3.05, 3.63) is 65.0 Å². The van der Waals surface area contributed by atoms with Gasteiger partial charge in [0.05, 0.1) is 6.10 Å². The minimum Gasteiger partial charge on any atom is -0.388 e. The molecule has 1 atom stereocenters. The zero-order valence-corrected chi connectivity index (χ0v) is 12.7. The first-order valence-corrected chi connectivity index (χ1v) is 7.07. The average Bonchev–Trinajstić information content (AvgIpc) is 2.38. The highest BCUT2D eigenvalue weighted by Crippen LogP contribution is 2.24. The highest BCUT2D eigenvalue weighted by atomic mass is 16.3. The van der Waals surface area contributed by atoms with E-state index in [9.17, 15) is 5.11 Å². The number of rotatable bonds is 3. The number of nitrogens with zero attached hydrogens (tertiary/aromatic N) is 1. The Balaban J connectivity index is 2.13. The van der Waals surface area contributed by atoms with Crippen LogP contribution < -0.4 is 0 Å². The summed E-state index contributed by atoms with van der Waals surface area (Å²) in [6.07, 6.45) is 1.88. The van der Waals surface area contributed by atoms with Crippen LogP contribution in [-0.4, -0.2) is 10.1 Å². The highest BCUT2D eigenvalue weighted by molar-refractivity contribution is 5.29. The second kappa shape index (κ2) is 5.76. The second-order valence-corrected chi connectivity index (χ2v) is 6.34. The van der Waals surface area contributed by atoms with Gasteiger partial charge in [-0.3, -0.25) is 4.98 Å². The maximum atomic E-state index is 10.3. The molecule has 1 aromatic carbocycles. The number of aromatic nitrogens is 1. The number of hydrogen-bond acceptors (Lipinski definition) is 2. The summed E-state index contributed by atoms with van der Waals surface area (Å²) in [5, 5.41) is 10.3. The summed E-state index contributed by atoms with van der Waals surface area (Å²) in [7, 11) is 0. The van der Waals surface area contributed by atoms with E-state index in [0.717, 1.165) is 16.8 Å². The Labute approximate surface area is 121 Å². The van der Waals surface area contributed by atoms with Gasteiger partial charge in [0, 0.05) is 23.9 Å². The first kappa shape index (κ1) is 14.7. The Morgan fingerprint density at radius 1 is 1.10 bits per heavy atom. The SMILES string of the molecule is Cc1ncccc1C(O)Cc1ccc(C(C)(C)C)cc1. The molecule has 106 valence electrons. The minimum absolute atomic E-state index is 0.164. The number of aliphatic hydroxyl groups is 1. The quantitative estimate of drug-likeness (QED) is 0.914. The van der Waals surface area contributed by atoms with Gasteiger partial charge < -0.3 is 5.11 Å². The van der Waals surface area contributed by atoms with E-state index in [0.29, 0.717) is 6.42 Å². The number of pyridine rings is 1. The van der Waals surface area contributed by atoms with Gasteiger partial charge in [0.25, 0.3) is 0 Å². The molecule has 0 spiro atoms. The normalized spacial score (nSPS) is 13.2. The molecule has 0 fully saturated rings. The van der Waals surface area contributed by atoms with E-state index in [1.165, 1.54) is 5.56 Å². The molecule has 20 heavy (non-hydrogen) atoms. The predicted molar refractivity (Wildman–Crippen MR) is 82.8 cm³/mol. The second-order valence-electron chi connectivity index (χ2n) is 6.34. The van der Waals surface area contributed by atoms with E-state index in [2.05, 4.69) is 50.0 Å². The van der Waals surface area contributed by atoms with Crippen molar-refractivity contribution in [2.24, 2.45) is 0 Å². The number of benzene rings is 1. The van der Waals surface area contributed by atoms with Crippen molar-refractivity contribution in [1.29, 1.82) is 0 Å². The first-order chi connectivity index (χ1) is 9.38. The van der Waals surface area contributed by atoms with Crippen LogP contribution in [0.3, 0.4) is 0 Å². The minimum atomic E-state index is -0.496. The summed E-state index contributed by atoms with van der Waals surface area (Å²) >= 11 is 0. The van der Waals surface area contributed by atoms with Gasteiger partial charge in [0.1, 0.15) is 0 Å². The van der Waals surface area contributed by atoms with E-state index >= 15 is 0 Å². The standard InChI is InChI=1S/C18H23NO/c1-13-16(6-5-11-19-13)17(20)12-14-7-9-15(10-8-14)18(2,3)4/h5-11,17,20H,12H2,1-4H3. The lowest BCUT2D eigenvalue weighted by Gasteiger charge is -2.19. The largest absolute Gasteiger partial charge is 0.388 e. The summed E-state index contributed by atoms with van der Waals surface area (Å²) < 4.78 is 0. The maximum Gasteiger partial charge on any atom is 0.0847 e. The molecule has 0 saturated heterocycles. The fourth-order valence-corrected chi connectivity index (χ4v) is 2.32. The van der Waals surface area contributed by atoms with Crippen LogP contribution in [0.15, 0.2) is 42.6 Å². The Hall–Kier alpha value is -1.67. The molecular weight excluding hydrogens is 246 g/mol. The third-order valence-electron chi connectivity index (χ3n) is 3.66. The van der Waals surface area contributed by atoms with E-state index in [-0.39, 0.29) is 5.41 Å². The Morgan fingerprint density at radius 2 is 1.75 bits per heavy atom. The van der Waals surface area contributed by atoms with Crippen molar-refractivity contribution in [2.45, 2.75) is 45.6 Å². The molecule has 1 aromatic heterocycles. The summed E-state index contributed by atoms with van der Waals surface area (Å²) in [6, 6.07) is 12.3. The Bertz CT molecular complexity index is 567. The summed E-state index contributed by atoms with van der Waals surface area (Å²) in [6.45, 7) is 8.54. The average molecular weight is 269 g/mol. The molecule has 0 aliphatic rings. The van der Waals surface area contributed by atoms with E-state index in [4.69, 9.17) is 0 Å². The van der Waals surface area contributed by atoms with Gasteiger partial charge in [-0.15, -0.1) is 0 Å². The third kappa shape index (κ3) is 3.45. The zero-order chi connectivity index (χ0) is 14.8. The lowest BCUT2D eigenvalue weighted by Crippen LogP contribution is -2.11. The van der Waals surface area contributed by atoms with Crippen molar-refractivity contribution >= 4 is 0 Å².